The van der Waals surface area contributed by atoms with Gasteiger partial charge in [-0.15, -0.1) is 0 Å². The van der Waals surface area contributed by atoms with Crippen molar-refractivity contribution in [3.8, 4) is 0 Å². The van der Waals surface area contributed by atoms with E-state index in [1.165, 1.54) is 42.5 Å². The number of hydrogen-bond donors (Lipinski definition) is 1. The lowest BCUT2D eigenvalue weighted by Crippen LogP contribution is -2.41. The molecule has 26 heavy (non-hydrogen) atoms. The first-order chi connectivity index (χ1) is 12.2. The van der Waals surface area contributed by atoms with Crippen LogP contribution in [0.4, 0.5) is 4.39 Å². The molecule has 0 bridgehead atoms. The van der Waals surface area contributed by atoms with Crippen molar-refractivity contribution in [2.24, 2.45) is 5.73 Å². The van der Waals surface area contributed by atoms with E-state index in [1.54, 1.807) is 13.0 Å². The van der Waals surface area contributed by atoms with Crippen LogP contribution in [0.2, 0.25) is 5.02 Å². The number of rotatable bonds is 5. The summed E-state index contributed by atoms with van der Waals surface area (Å²) in [7, 11) is -3.97. The Morgan fingerprint density at radius 1 is 1.27 bits per heavy atom. The molecule has 2 aromatic rings. The summed E-state index contributed by atoms with van der Waals surface area (Å²) >= 11 is 5.81. The van der Waals surface area contributed by atoms with Crippen LogP contribution in [-0.2, 0) is 19.4 Å². The number of hydrogen-bond acceptors (Lipinski definition) is 5. The SMILES string of the molecule is CCOC(=O)[C@]1(N)[C@@H](c2cccc(F)c2)[C@@H]1S(=O)(=O)c1ccc(Cl)cc1. The van der Waals surface area contributed by atoms with Crippen LogP contribution in [0, 0.1) is 5.82 Å². The summed E-state index contributed by atoms with van der Waals surface area (Å²) in [6, 6.07) is 11.0. The third-order valence-electron chi connectivity index (χ3n) is 4.49. The Labute approximate surface area is 155 Å². The molecule has 3 atom stereocenters. The summed E-state index contributed by atoms with van der Waals surface area (Å²) in [4.78, 5) is 12.4. The molecule has 8 heteroatoms. The monoisotopic (exact) mass is 397 g/mol. The lowest BCUT2D eigenvalue weighted by atomic mass is 10.1. The fourth-order valence-corrected chi connectivity index (χ4v) is 5.58. The van der Waals surface area contributed by atoms with Crippen molar-refractivity contribution >= 4 is 27.4 Å². The Hall–Kier alpha value is -1.96. The maximum atomic E-state index is 13.6. The average molecular weight is 398 g/mol. The van der Waals surface area contributed by atoms with Crippen LogP contribution in [0.5, 0.6) is 0 Å². The van der Waals surface area contributed by atoms with Crippen molar-refractivity contribution in [1.29, 1.82) is 0 Å². The molecule has 2 aromatic carbocycles. The largest absolute Gasteiger partial charge is 0.465 e. The number of nitrogens with two attached hydrogens (primary N) is 1. The highest BCUT2D eigenvalue weighted by atomic mass is 35.5. The van der Waals surface area contributed by atoms with Crippen molar-refractivity contribution in [2.75, 3.05) is 6.61 Å². The standard InChI is InChI=1S/C18H17ClFNO4S/c1-2-25-17(22)18(21)15(11-4-3-5-13(20)10-11)16(18)26(23,24)14-8-6-12(19)7-9-14/h3-10,15-16H,2,21H2,1H3/t15-,16-,18-/m0/s1. The van der Waals surface area contributed by atoms with E-state index in [1.807, 2.05) is 0 Å². The maximum Gasteiger partial charge on any atom is 0.328 e. The van der Waals surface area contributed by atoms with Gasteiger partial charge in [-0.05, 0) is 48.9 Å². The third-order valence-corrected chi connectivity index (χ3v) is 7.00. The highest BCUT2D eigenvalue weighted by molar-refractivity contribution is 7.92. The Morgan fingerprint density at radius 2 is 1.92 bits per heavy atom. The van der Waals surface area contributed by atoms with Gasteiger partial charge in [0.25, 0.3) is 0 Å². The molecule has 0 heterocycles. The number of sulfone groups is 1. The van der Waals surface area contributed by atoms with E-state index in [0.29, 0.717) is 10.6 Å². The molecule has 0 aromatic heterocycles. The van der Waals surface area contributed by atoms with Gasteiger partial charge in [-0.25, -0.2) is 17.6 Å². The first-order valence-corrected chi connectivity index (χ1v) is 9.86. The quantitative estimate of drug-likeness (QED) is 0.784. The molecule has 1 saturated carbocycles. The summed E-state index contributed by atoms with van der Waals surface area (Å²) in [6.07, 6.45) is 0. The molecular formula is C18H17ClFNO4S. The predicted octanol–water partition coefficient (Wildman–Crippen LogP) is 2.68. The molecule has 0 saturated heterocycles. The zero-order chi connectivity index (χ0) is 19.1. The molecule has 1 fully saturated rings. The molecule has 0 unspecified atom stereocenters. The molecule has 3 rings (SSSR count). The number of halogens is 2. The molecule has 1 aliphatic rings. The van der Waals surface area contributed by atoms with Crippen molar-refractivity contribution in [3.63, 3.8) is 0 Å². The van der Waals surface area contributed by atoms with Gasteiger partial charge in [-0.3, -0.25) is 0 Å². The van der Waals surface area contributed by atoms with Crippen LogP contribution >= 0.6 is 11.6 Å². The smallest absolute Gasteiger partial charge is 0.328 e. The van der Waals surface area contributed by atoms with Gasteiger partial charge in [0.15, 0.2) is 9.84 Å². The Bertz CT molecular complexity index is 948. The van der Waals surface area contributed by atoms with Gasteiger partial charge in [0, 0.05) is 10.9 Å². The van der Waals surface area contributed by atoms with Gasteiger partial charge in [0.2, 0.25) is 0 Å². The first kappa shape index (κ1) is 18.8. The summed E-state index contributed by atoms with van der Waals surface area (Å²) in [6.45, 7) is 1.66. The van der Waals surface area contributed by atoms with Crippen LogP contribution in [0.3, 0.4) is 0 Å². The summed E-state index contributed by atoms with van der Waals surface area (Å²) in [5.41, 5.74) is 4.76. The summed E-state index contributed by atoms with van der Waals surface area (Å²) in [5.74, 6) is -2.27. The second-order valence-corrected chi connectivity index (χ2v) is 8.61. The minimum atomic E-state index is -3.97. The lowest BCUT2D eigenvalue weighted by Gasteiger charge is -2.11. The Balaban J connectivity index is 2.07. The van der Waals surface area contributed by atoms with Gasteiger partial charge >= 0.3 is 5.97 Å². The summed E-state index contributed by atoms with van der Waals surface area (Å²) in [5, 5.41) is -0.872. The molecule has 0 amide bonds. The maximum absolute atomic E-state index is 13.6. The van der Waals surface area contributed by atoms with Crippen LogP contribution in [-0.4, -0.2) is 31.8 Å². The highest BCUT2D eigenvalue weighted by Crippen LogP contribution is 2.56. The van der Waals surface area contributed by atoms with E-state index in [0.717, 1.165) is 0 Å². The van der Waals surface area contributed by atoms with Crippen molar-refractivity contribution in [3.05, 3.63) is 64.9 Å². The zero-order valence-corrected chi connectivity index (χ0v) is 15.4. The van der Waals surface area contributed by atoms with Gasteiger partial charge in [0.1, 0.15) is 16.6 Å². The Kier molecular flexibility index (Phi) is 4.81. The van der Waals surface area contributed by atoms with Crippen LogP contribution in [0.1, 0.15) is 18.4 Å². The average Bonchev–Trinajstić information content (AvgIpc) is 3.24. The van der Waals surface area contributed by atoms with E-state index >= 15 is 0 Å². The minimum Gasteiger partial charge on any atom is -0.465 e. The number of esters is 1. The second-order valence-electron chi connectivity index (χ2n) is 6.11. The van der Waals surface area contributed by atoms with E-state index in [4.69, 9.17) is 22.1 Å². The fourth-order valence-electron chi connectivity index (χ4n) is 3.23. The Morgan fingerprint density at radius 3 is 2.50 bits per heavy atom. The number of carbonyl (C=O) groups is 1. The molecule has 5 nitrogen and oxygen atoms in total. The normalized spacial score (nSPS) is 24.9. The topological polar surface area (TPSA) is 86.5 Å². The number of benzene rings is 2. The van der Waals surface area contributed by atoms with E-state index in [-0.39, 0.29) is 11.5 Å². The highest BCUT2D eigenvalue weighted by Gasteiger charge is 2.74. The molecule has 0 aliphatic heterocycles. The van der Waals surface area contributed by atoms with Gasteiger partial charge in [-0.2, -0.15) is 0 Å². The molecular weight excluding hydrogens is 381 g/mol. The lowest BCUT2D eigenvalue weighted by molar-refractivity contribution is -0.145. The minimum absolute atomic E-state index is 0.00933. The van der Waals surface area contributed by atoms with Crippen LogP contribution in [0.25, 0.3) is 0 Å². The molecule has 0 spiro atoms. The van der Waals surface area contributed by atoms with E-state index in [2.05, 4.69) is 0 Å². The van der Waals surface area contributed by atoms with E-state index in [9.17, 15) is 17.6 Å². The van der Waals surface area contributed by atoms with Gasteiger partial charge < -0.3 is 10.5 Å². The van der Waals surface area contributed by atoms with Crippen molar-refractivity contribution < 1.29 is 22.3 Å². The molecule has 138 valence electrons. The molecule has 0 radical (unpaired) electrons. The number of carbonyl (C=O) groups excluding carboxylic acids is 1. The van der Waals surface area contributed by atoms with Crippen molar-refractivity contribution in [2.45, 2.75) is 28.5 Å². The second kappa shape index (κ2) is 6.64. The van der Waals surface area contributed by atoms with Gasteiger partial charge in [0.05, 0.1) is 11.5 Å². The predicted molar refractivity (Wildman–Crippen MR) is 95.1 cm³/mol. The zero-order valence-electron chi connectivity index (χ0n) is 13.9. The first-order valence-electron chi connectivity index (χ1n) is 7.94. The van der Waals surface area contributed by atoms with Crippen molar-refractivity contribution in [1.82, 2.24) is 0 Å². The van der Waals surface area contributed by atoms with Crippen LogP contribution in [0.15, 0.2) is 53.4 Å². The van der Waals surface area contributed by atoms with E-state index < -0.39 is 38.3 Å². The molecule has 2 N–H and O–H groups in total. The molecule has 1 aliphatic carbocycles. The summed E-state index contributed by atoms with van der Waals surface area (Å²) < 4.78 is 44.8. The fraction of sp³-hybridized carbons (Fsp3) is 0.278. The van der Waals surface area contributed by atoms with Crippen LogP contribution < -0.4 is 5.73 Å². The van der Waals surface area contributed by atoms with Gasteiger partial charge in [-0.1, -0.05) is 23.7 Å². The third kappa shape index (κ3) is 3.00. The number of ether oxygens (including phenoxy) is 1.